The fraction of sp³-hybridized carbons (Fsp3) is 0.214. The topological polar surface area (TPSA) is 115 Å². The second-order valence-electron chi connectivity index (χ2n) is 12.7. The molecule has 11 heteroatoms. The maximum absolute atomic E-state index is 12.9. The molecular formula is C42H40N4O5S2. The third-order valence-electron chi connectivity index (χ3n) is 9.04. The summed E-state index contributed by atoms with van der Waals surface area (Å²) in [5.41, 5.74) is 6.49. The number of aliphatic hydroxyl groups is 1. The zero-order chi connectivity index (χ0) is 36.6. The minimum atomic E-state index is -0.580. The van der Waals surface area contributed by atoms with Crippen LogP contribution in [0.2, 0.25) is 0 Å². The molecule has 1 saturated heterocycles. The smallest absolute Gasteiger partial charge is 0.319 e. The number of nitrogens with one attached hydrogen (secondary N) is 2. The van der Waals surface area contributed by atoms with E-state index in [-0.39, 0.29) is 30.8 Å². The summed E-state index contributed by atoms with van der Waals surface area (Å²) in [4.78, 5) is 12.9. The number of hydrogen-bond donors (Lipinski definition) is 3. The van der Waals surface area contributed by atoms with Gasteiger partial charge in [0.25, 0.3) is 0 Å². The van der Waals surface area contributed by atoms with Crippen molar-refractivity contribution in [1.29, 1.82) is 0 Å². The van der Waals surface area contributed by atoms with Gasteiger partial charge in [-0.15, -0.1) is 10.2 Å². The fourth-order valence-corrected chi connectivity index (χ4v) is 8.16. The Morgan fingerprint density at radius 2 is 1.53 bits per heavy atom. The summed E-state index contributed by atoms with van der Waals surface area (Å²) in [6, 6.07) is 40.7. The van der Waals surface area contributed by atoms with Crippen LogP contribution in [0.1, 0.15) is 46.6 Å². The van der Waals surface area contributed by atoms with E-state index in [1.807, 2.05) is 116 Å². The Hall–Kier alpha value is -5.04. The number of aromatic nitrogens is 2. The average molecular weight is 745 g/mol. The van der Waals surface area contributed by atoms with Crippen molar-refractivity contribution in [3.63, 3.8) is 0 Å². The van der Waals surface area contributed by atoms with E-state index in [1.165, 1.54) is 0 Å². The van der Waals surface area contributed by atoms with Crippen LogP contribution in [0.15, 0.2) is 132 Å². The van der Waals surface area contributed by atoms with Gasteiger partial charge in [0.15, 0.2) is 10.6 Å². The van der Waals surface area contributed by atoms with Crippen LogP contribution >= 0.6 is 23.1 Å². The fourth-order valence-electron chi connectivity index (χ4n) is 6.16. The Morgan fingerprint density at radius 1 is 0.830 bits per heavy atom. The number of carbonyl (C=O) groups excluding carboxylic acids is 1. The quantitative estimate of drug-likeness (QED) is 0.106. The van der Waals surface area contributed by atoms with Crippen molar-refractivity contribution < 1.29 is 24.1 Å². The SMILES string of the molecule is Cc1nnc(SCC2OC(c3ccc(-c4ccccc4CNC(=O)Nc4ccc(Oc5ccccc5)cc4)cc3)OC(c3ccc(CO)cc3)C2C)s1. The summed E-state index contributed by atoms with van der Waals surface area (Å²) in [5.74, 6) is 2.21. The number of thioether (sulfide) groups is 1. The van der Waals surface area contributed by atoms with E-state index in [1.54, 1.807) is 23.1 Å². The summed E-state index contributed by atoms with van der Waals surface area (Å²) in [7, 11) is 0. The zero-order valence-corrected chi connectivity index (χ0v) is 31.0. The molecule has 2 heterocycles. The van der Waals surface area contributed by atoms with E-state index in [0.717, 1.165) is 48.5 Å². The lowest BCUT2D eigenvalue weighted by Crippen LogP contribution is -2.38. The van der Waals surface area contributed by atoms with Crippen LogP contribution in [-0.2, 0) is 22.6 Å². The number of rotatable bonds is 12. The summed E-state index contributed by atoms with van der Waals surface area (Å²) < 4.78 is 20.1. The summed E-state index contributed by atoms with van der Waals surface area (Å²) in [5, 5.41) is 24.9. The monoisotopic (exact) mass is 744 g/mol. The van der Waals surface area contributed by atoms with Gasteiger partial charge in [0.2, 0.25) is 0 Å². The zero-order valence-electron chi connectivity index (χ0n) is 29.3. The molecule has 4 atom stereocenters. The molecule has 270 valence electrons. The summed E-state index contributed by atoms with van der Waals surface area (Å²) >= 11 is 3.23. The predicted octanol–water partition coefficient (Wildman–Crippen LogP) is 9.70. The molecule has 53 heavy (non-hydrogen) atoms. The van der Waals surface area contributed by atoms with Gasteiger partial charge >= 0.3 is 6.03 Å². The Bertz CT molecular complexity index is 2090. The van der Waals surface area contributed by atoms with Gasteiger partial charge in [-0.05, 0) is 71.1 Å². The van der Waals surface area contributed by atoms with E-state index in [2.05, 4.69) is 46.0 Å². The molecule has 3 N–H and O–H groups in total. The first-order chi connectivity index (χ1) is 25.9. The maximum atomic E-state index is 12.9. The molecule has 4 unspecified atom stereocenters. The van der Waals surface area contributed by atoms with Crippen molar-refractivity contribution in [2.24, 2.45) is 5.92 Å². The van der Waals surface area contributed by atoms with Crippen molar-refractivity contribution in [2.45, 2.75) is 49.8 Å². The highest BCUT2D eigenvalue weighted by Crippen LogP contribution is 2.43. The summed E-state index contributed by atoms with van der Waals surface area (Å²) in [6.45, 7) is 4.45. The second kappa shape index (κ2) is 17.2. The Balaban J connectivity index is 1.01. The average Bonchev–Trinajstić information content (AvgIpc) is 3.62. The molecule has 1 aliphatic rings. The second-order valence-corrected chi connectivity index (χ2v) is 15.2. The van der Waals surface area contributed by atoms with Gasteiger partial charge < -0.3 is 30.0 Å². The van der Waals surface area contributed by atoms with E-state index >= 15 is 0 Å². The van der Waals surface area contributed by atoms with E-state index < -0.39 is 6.29 Å². The minimum absolute atomic E-state index is 0.00710. The molecule has 0 spiro atoms. The predicted molar refractivity (Wildman–Crippen MR) is 209 cm³/mol. The van der Waals surface area contributed by atoms with Crippen LogP contribution < -0.4 is 15.4 Å². The molecule has 5 aromatic carbocycles. The van der Waals surface area contributed by atoms with Gasteiger partial charge in [0, 0.05) is 29.5 Å². The van der Waals surface area contributed by atoms with Gasteiger partial charge in [-0.25, -0.2) is 4.79 Å². The number of anilines is 1. The van der Waals surface area contributed by atoms with Gasteiger partial charge in [-0.2, -0.15) is 0 Å². The van der Waals surface area contributed by atoms with Crippen LogP contribution in [0.3, 0.4) is 0 Å². The molecule has 1 fully saturated rings. The number of ether oxygens (including phenoxy) is 3. The molecule has 0 saturated carbocycles. The minimum Gasteiger partial charge on any atom is -0.457 e. The highest BCUT2D eigenvalue weighted by molar-refractivity contribution is 8.01. The van der Waals surface area contributed by atoms with Crippen LogP contribution in [0, 0.1) is 12.8 Å². The number of aliphatic hydroxyl groups excluding tert-OH is 1. The van der Waals surface area contributed by atoms with Gasteiger partial charge in [-0.3, -0.25) is 0 Å². The number of aryl methyl sites for hydroxylation is 1. The van der Waals surface area contributed by atoms with E-state index in [9.17, 15) is 9.90 Å². The van der Waals surface area contributed by atoms with Gasteiger partial charge in [0.05, 0.1) is 18.8 Å². The van der Waals surface area contributed by atoms with E-state index in [4.69, 9.17) is 14.2 Å². The van der Waals surface area contributed by atoms with Crippen molar-refractivity contribution >= 4 is 34.8 Å². The number of benzene rings is 5. The first-order valence-electron chi connectivity index (χ1n) is 17.4. The molecule has 0 aliphatic carbocycles. The van der Waals surface area contributed by atoms with Crippen LogP contribution in [0.4, 0.5) is 10.5 Å². The normalized spacial score (nSPS) is 18.3. The van der Waals surface area contributed by atoms with Crippen molar-refractivity contribution in [3.05, 3.63) is 155 Å². The number of para-hydroxylation sites is 1. The third kappa shape index (κ3) is 9.31. The lowest BCUT2D eigenvalue weighted by Gasteiger charge is -2.41. The Labute approximate surface area is 317 Å². The first-order valence-corrected chi connectivity index (χ1v) is 19.2. The van der Waals surface area contributed by atoms with Crippen LogP contribution in [0.25, 0.3) is 11.1 Å². The van der Waals surface area contributed by atoms with Crippen molar-refractivity contribution in [1.82, 2.24) is 15.5 Å². The Kier molecular flexibility index (Phi) is 11.8. The molecule has 1 aromatic heterocycles. The summed E-state index contributed by atoms with van der Waals surface area (Å²) in [6.07, 6.45) is -0.894. The van der Waals surface area contributed by atoms with Gasteiger partial charge in [-0.1, -0.05) is 121 Å². The lowest BCUT2D eigenvalue weighted by atomic mass is 9.91. The molecule has 0 radical (unpaired) electrons. The number of amides is 2. The lowest BCUT2D eigenvalue weighted by molar-refractivity contribution is -0.268. The largest absolute Gasteiger partial charge is 0.457 e. The Morgan fingerprint density at radius 3 is 2.25 bits per heavy atom. The first kappa shape index (κ1) is 36.3. The standard InChI is InChI=1S/C42H40N4O5S2/c1-27-38(26-52-42-46-45-28(2)53-42)50-40(51-39(27)31-14-12-29(25-47)13-15-31)32-18-16-30(17-19-32)37-11-7-6-8-33(37)24-43-41(48)44-34-20-22-36(23-21-34)49-35-9-4-3-5-10-35/h3-23,27,38-40,47H,24-26H2,1-2H3,(H2,43,44,48). The van der Waals surface area contributed by atoms with Crippen LogP contribution in [-0.4, -0.2) is 33.2 Å². The van der Waals surface area contributed by atoms with Crippen LogP contribution in [0.5, 0.6) is 11.5 Å². The van der Waals surface area contributed by atoms with Crippen molar-refractivity contribution in [3.8, 4) is 22.6 Å². The number of urea groups is 1. The highest BCUT2D eigenvalue weighted by Gasteiger charge is 2.38. The molecule has 1 aliphatic heterocycles. The molecule has 0 bridgehead atoms. The molecule has 9 nitrogen and oxygen atoms in total. The van der Waals surface area contributed by atoms with E-state index in [0.29, 0.717) is 23.7 Å². The third-order valence-corrected chi connectivity index (χ3v) is 11.1. The number of carbonyl (C=O) groups is 1. The molecule has 2 amide bonds. The molecular weight excluding hydrogens is 705 g/mol. The number of hydrogen-bond acceptors (Lipinski definition) is 9. The molecule has 7 rings (SSSR count). The van der Waals surface area contributed by atoms with Crippen molar-refractivity contribution in [2.75, 3.05) is 11.1 Å². The maximum Gasteiger partial charge on any atom is 0.319 e. The molecule has 6 aromatic rings. The highest BCUT2D eigenvalue weighted by atomic mass is 32.2. The van der Waals surface area contributed by atoms with Gasteiger partial charge in [0.1, 0.15) is 16.5 Å². The number of nitrogens with zero attached hydrogens (tertiary/aromatic N) is 2.